The molecular weight excluding hydrogens is 340 g/mol. The monoisotopic (exact) mass is 358 g/mol. The number of carbonyl (C=O) groups is 1. The second-order valence-electron chi connectivity index (χ2n) is 5.33. The van der Waals surface area contributed by atoms with E-state index in [1.807, 2.05) is 30.3 Å². The fourth-order valence-corrected chi connectivity index (χ4v) is 2.21. The van der Waals surface area contributed by atoms with E-state index >= 15 is 0 Å². The standard InChI is InChI=1S/C18H19ClN4O2/c19-14-3-1-2-12(9-14)8-13-4-7-17(22-10-13)23-18(25)16(21)6-5-15(20)11-24/h1-7,9-10,24H,8,11,20-21H2,(H,22,23,25)/b15-5-,16-6-. The average Bonchev–Trinajstić information content (AvgIpc) is 2.61. The van der Waals surface area contributed by atoms with Gasteiger partial charge >= 0.3 is 0 Å². The number of aromatic nitrogens is 1. The summed E-state index contributed by atoms with van der Waals surface area (Å²) in [6.07, 6.45) is 5.07. The van der Waals surface area contributed by atoms with Crippen LogP contribution in [0.1, 0.15) is 11.1 Å². The predicted octanol–water partition coefficient (Wildman–Crippen LogP) is 1.94. The van der Waals surface area contributed by atoms with E-state index in [1.165, 1.54) is 12.2 Å². The van der Waals surface area contributed by atoms with Gasteiger partial charge in [-0.05, 0) is 47.9 Å². The maximum atomic E-state index is 11.9. The molecule has 0 saturated carbocycles. The Morgan fingerprint density at radius 3 is 2.64 bits per heavy atom. The number of nitrogens with one attached hydrogen (secondary N) is 1. The number of aliphatic hydroxyl groups is 1. The van der Waals surface area contributed by atoms with Crippen LogP contribution >= 0.6 is 11.6 Å². The van der Waals surface area contributed by atoms with Gasteiger partial charge in [-0.3, -0.25) is 4.79 Å². The fourth-order valence-electron chi connectivity index (χ4n) is 2.00. The molecule has 0 spiro atoms. The number of allylic oxidation sites excluding steroid dienone is 2. The van der Waals surface area contributed by atoms with E-state index < -0.39 is 5.91 Å². The quantitative estimate of drug-likeness (QED) is 0.465. The van der Waals surface area contributed by atoms with Gasteiger partial charge in [0.05, 0.1) is 12.3 Å². The summed E-state index contributed by atoms with van der Waals surface area (Å²) in [6, 6.07) is 11.2. The van der Waals surface area contributed by atoms with Crippen LogP contribution in [0.25, 0.3) is 0 Å². The zero-order valence-corrected chi connectivity index (χ0v) is 14.2. The van der Waals surface area contributed by atoms with Gasteiger partial charge in [-0.15, -0.1) is 0 Å². The number of rotatable bonds is 6. The molecule has 0 fully saturated rings. The lowest BCUT2D eigenvalue weighted by molar-refractivity contribution is -0.112. The summed E-state index contributed by atoms with van der Waals surface area (Å²) in [7, 11) is 0. The number of nitrogens with two attached hydrogens (primary N) is 2. The van der Waals surface area contributed by atoms with E-state index in [1.54, 1.807) is 12.3 Å². The van der Waals surface area contributed by atoms with Gasteiger partial charge in [-0.2, -0.15) is 0 Å². The molecule has 1 amide bonds. The predicted molar refractivity (Wildman–Crippen MR) is 98.8 cm³/mol. The Kier molecular flexibility index (Phi) is 6.56. The molecule has 7 heteroatoms. The number of benzene rings is 1. The van der Waals surface area contributed by atoms with Crippen molar-refractivity contribution in [3.05, 3.63) is 82.3 Å². The Hall–Kier alpha value is -2.83. The number of amides is 1. The van der Waals surface area contributed by atoms with Crippen LogP contribution in [0.2, 0.25) is 5.02 Å². The van der Waals surface area contributed by atoms with Gasteiger partial charge in [-0.25, -0.2) is 4.98 Å². The lowest BCUT2D eigenvalue weighted by atomic mass is 10.1. The maximum absolute atomic E-state index is 11.9. The Bertz CT molecular complexity index is 801. The van der Waals surface area contributed by atoms with Gasteiger partial charge in [0, 0.05) is 16.9 Å². The summed E-state index contributed by atoms with van der Waals surface area (Å²) in [5.41, 5.74) is 13.3. The topological polar surface area (TPSA) is 114 Å². The van der Waals surface area contributed by atoms with Gasteiger partial charge in [0.25, 0.3) is 5.91 Å². The minimum absolute atomic E-state index is 0.0406. The van der Waals surface area contributed by atoms with Gasteiger partial charge in [0.1, 0.15) is 5.82 Å². The number of aliphatic hydroxyl groups excluding tert-OH is 1. The molecule has 0 radical (unpaired) electrons. The lowest BCUT2D eigenvalue weighted by Crippen LogP contribution is -2.20. The SMILES string of the molecule is N/C(=C\C=C(/N)C(=O)Nc1ccc(Cc2cccc(Cl)c2)cn1)CO. The van der Waals surface area contributed by atoms with Crippen molar-refractivity contribution in [2.75, 3.05) is 11.9 Å². The molecule has 1 aromatic carbocycles. The average molecular weight is 359 g/mol. The Morgan fingerprint density at radius 1 is 1.20 bits per heavy atom. The van der Waals surface area contributed by atoms with Crippen molar-refractivity contribution < 1.29 is 9.90 Å². The van der Waals surface area contributed by atoms with E-state index in [0.717, 1.165) is 11.1 Å². The molecule has 0 aliphatic rings. The summed E-state index contributed by atoms with van der Waals surface area (Å²) < 4.78 is 0. The van der Waals surface area contributed by atoms with Crippen molar-refractivity contribution in [2.45, 2.75) is 6.42 Å². The first kappa shape index (κ1) is 18.5. The smallest absolute Gasteiger partial charge is 0.272 e. The minimum Gasteiger partial charge on any atom is -0.400 e. The minimum atomic E-state index is -0.503. The van der Waals surface area contributed by atoms with Crippen LogP contribution < -0.4 is 16.8 Å². The summed E-state index contributed by atoms with van der Waals surface area (Å²) in [5.74, 6) is -0.118. The first-order valence-electron chi connectivity index (χ1n) is 7.51. The Balaban J connectivity index is 1.99. The number of hydrogen-bond acceptors (Lipinski definition) is 5. The van der Waals surface area contributed by atoms with E-state index in [4.69, 9.17) is 28.2 Å². The Morgan fingerprint density at radius 2 is 2.00 bits per heavy atom. The highest BCUT2D eigenvalue weighted by molar-refractivity contribution is 6.30. The maximum Gasteiger partial charge on any atom is 0.272 e. The van der Waals surface area contributed by atoms with Crippen LogP contribution in [0, 0.1) is 0 Å². The highest BCUT2D eigenvalue weighted by atomic mass is 35.5. The van der Waals surface area contributed by atoms with Crippen molar-refractivity contribution in [3.63, 3.8) is 0 Å². The summed E-state index contributed by atoms with van der Waals surface area (Å²) in [4.78, 5) is 16.1. The van der Waals surface area contributed by atoms with Crippen LogP contribution in [0.3, 0.4) is 0 Å². The molecule has 2 rings (SSSR count). The molecule has 1 heterocycles. The summed E-state index contributed by atoms with van der Waals surface area (Å²) >= 11 is 5.97. The fraction of sp³-hybridized carbons (Fsp3) is 0.111. The Labute approximate surface area is 150 Å². The summed E-state index contributed by atoms with van der Waals surface area (Å²) in [6.45, 7) is -0.305. The molecule has 6 N–H and O–H groups in total. The first-order valence-corrected chi connectivity index (χ1v) is 7.89. The second kappa shape index (κ2) is 8.86. The van der Waals surface area contributed by atoms with Crippen LogP contribution in [-0.4, -0.2) is 22.6 Å². The number of nitrogens with zero attached hydrogens (tertiary/aromatic N) is 1. The molecule has 0 aliphatic heterocycles. The lowest BCUT2D eigenvalue weighted by Gasteiger charge is -2.06. The first-order chi connectivity index (χ1) is 12.0. The van der Waals surface area contributed by atoms with Crippen molar-refractivity contribution >= 4 is 23.3 Å². The second-order valence-corrected chi connectivity index (χ2v) is 5.77. The molecule has 2 aromatic rings. The van der Waals surface area contributed by atoms with Gasteiger partial charge < -0.3 is 21.9 Å². The number of anilines is 1. The molecule has 0 aliphatic carbocycles. The van der Waals surface area contributed by atoms with Crippen molar-refractivity contribution in [2.24, 2.45) is 11.5 Å². The molecule has 6 nitrogen and oxygen atoms in total. The zero-order valence-electron chi connectivity index (χ0n) is 13.4. The third kappa shape index (κ3) is 5.95. The van der Waals surface area contributed by atoms with Gasteiger partial charge in [-0.1, -0.05) is 29.8 Å². The molecule has 0 bridgehead atoms. The third-order valence-electron chi connectivity index (χ3n) is 3.29. The van der Waals surface area contributed by atoms with Crippen LogP contribution in [-0.2, 0) is 11.2 Å². The highest BCUT2D eigenvalue weighted by Gasteiger charge is 2.06. The van der Waals surface area contributed by atoms with Crippen molar-refractivity contribution in [1.82, 2.24) is 4.98 Å². The van der Waals surface area contributed by atoms with Crippen molar-refractivity contribution in [1.29, 1.82) is 0 Å². The largest absolute Gasteiger partial charge is 0.400 e. The van der Waals surface area contributed by atoms with E-state index in [2.05, 4.69) is 10.3 Å². The van der Waals surface area contributed by atoms with E-state index in [9.17, 15) is 4.79 Å². The van der Waals surface area contributed by atoms with Crippen LogP contribution in [0.5, 0.6) is 0 Å². The van der Waals surface area contributed by atoms with Crippen LogP contribution in [0.4, 0.5) is 5.82 Å². The number of pyridine rings is 1. The molecule has 25 heavy (non-hydrogen) atoms. The molecule has 130 valence electrons. The number of halogens is 1. The normalized spacial score (nSPS) is 12.1. The van der Waals surface area contributed by atoms with Crippen molar-refractivity contribution in [3.8, 4) is 0 Å². The highest BCUT2D eigenvalue weighted by Crippen LogP contribution is 2.15. The molecule has 0 saturated heterocycles. The molecular formula is C18H19ClN4O2. The number of carbonyl (C=O) groups excluding carboxylic acids is 1. The third-order valence-corrected chi connectivity index (χ3v) is 3.52. The summed E-state index contributed by atoms with van der Waals surface area (Å²) in [5, 5.41) is 12.1. The number of hydrogen-bond donors (Lipinski definition) is 4. The van der Waals surface area contributed by atoms with Gasteiger partial charge in [0.15, 0.2) is 0 Å². The molecule has 1 aromatic heterocycles. The van der Waals surface area contributed by atoms with Crippen LogP contribution in [0.15, 0.2) is 66.1 Å². The molecule has 0 atom stereocenters. The zero-order chi connectivity index (χ0) is 18.2. The molecule has 0 unspecified atom stereocenters. The van der Waals surface area contributed by atoms with Gasteiger partial charge in [0.2, 0.25) is 0 Å². The van der Waals surface area contributed by atoms with E-state index in [-0.39, 0.29) is 18.0 Å². The van der Waals surface area contributed by atoms with E-state index in [0.29, 0.717) is 17.3 Å².